The van der Waals surface area contributed by atoms with Crippen molar-refractivity contribution in [2.24, 2.45) is 5.73 Å². The van der Waals surface area contributed by atoms with Gasteiger partial charge in [0.25, 0.3) is 6.48 Å². The molecule has 7 heterocycles. The topological polar surface area (TPSA) is 215 Å². The minimum Gasteiger partial charge on any atom is -0.392 e. The zero-order valence-electron chi connectivity index (χ0n) is 27.0. The number of aldehydes is 1. The van der Waals surface area contributed by atoms with Crippen molar-refractivity contribution in [1.82, 2.24) is 48.8 Å². The van der Waals surface area contributed by atoms with Crippen LogP contribution in [-0.4, -0.2) is 86.0 Å². The number of fused-ring (bicyclic) bond motifs is 3. The van der Waals surface area contributed by atoms with Crippen LogP contribution in [0.4, 0.5) is 0 Å². The molecule has 0 aromatic carbocycles. The molecule has 0 saturated carbocycles. The highest BCUT2D eigenvalue weighted by Gasteiger charge is 2.08. The number of pyridine rings is 4. The number of hydrogen-bond acceptors (Lipinski definition) is 14. The summed E-state index contributed by atoms with van der Waals surface area (Å²) in [5.74, 6) is 0. The van der Waals surface area contributed by atoms with Gasteiger partial charge in [0.15, 0.2) is 23.2 Å². The fourth-order valence-corrected chi connectivity index (χ4v) is 4.21. The van der Waals surface area contributed by atoms with Crippen molar-refractivity contribution in [1.29, 1.82) is 0 Å². The molecule has 19 heteroatoms. The first kappa shape index (κ1) is 41.2. The third kappa shape index (κ3) is 11.0. The van der Waals surface area contributed by atoms with Crippen LogP contribution in [0.5, 0.6) is 0 Å². The molecule has 0 atom stereocenters. The number of nitrogens with zero attached hydrogens (tertiary/aromatic N) is 10. The molecular weight excluding hydrogens is 693 g/mol. The van der Waals surface area contributed by atoms with Crippen molar-refractivity contribution >= 4 is 48.0 Å². The molecule has 0 aliphatic heterocycles. The molecule has 0 amide bonds. The molecule has 17 nitrogen and oxygen atoms in total. The van der Waals surface area contributed by atoms with Gasteiger partial charge < -0.3 is 30.2 Å². The Balaban J connectivity index is 0.000000232. The van der Waals surface area contributed by atoms with Gasteiger partial charge in [-0.3, -0.25) is 23.0 Å². The Morgan fingerprint density at radius 1 is 0.740 bits per heavy atom. The van der Waals surface area contributed by atoms with E-state index in [1.807, 2.05) is 47.1 Å². The standard InChI is InChI=1S/C10H13N3O3.C7H7N3O.C7H5N3O.C7H10N2O.2ClH/c1-14-10(15-2)16-6-8-4-3-5-13-7-11-12-9(8)13;2*11-4-6-2-1-3-10-5-8-9-7(6)10;8-4-7-6(5-10)2-1-3-9-7;;/h3-5,7,10H,6H2,1-2H3;1-3,5,11H,4H2;1-5H;1-3,10H,4-5,8H2;2*1H. The summed E-state index contributed by atoms with van der Waals surface area (Å²) in [6.45, 7) is 0.0957. The van der Waals surface area contributed by atoms with Gasteiger partial charge >= 0.3 is 0 Å². The highest BCUT2D eigenvalue weighted by atomic mass is 35.5. The van der Waals surface area contributed by atoms with Gasteiger partial charge in [0.1, 0.15) is 19.0 Å². The molecule has 0 unspecified atom stereocenters. The SMILES string of the molecule is COC(OC)OCc1cccn2cnnc12.Cl.Cl.NCc1ncccc1CO.O=Cc1cccn2cnnc12.OCc1cccn2cnnc12. The average Bonchev–Trinajstić information content (AvgIpc) is 3.94. The summed E-state index contributed by atoms with van der Waals surface area (Å²) in [4.78, 5) is 14.4. The molecule has 0 radical (unpaired) electrons. The lowest BCUT2D eigenvalue weighted by molar-refractivity contribution is -0.270. The Hall–Kier alpha value is -4.98. The summed E-state index contributed by atoms with van der Waals surface area (Å²) in [7, 11) is 3.04. The van der Waals surface area contributed by atoms with Crippen LogP contribution in [0.1, 0.15) is 32.7 Å². The number of carbonyl (C=O) groups excluding carboxylic acids is 1. The summed E-state index contributed by atoms with van der Waals surface area (Å²) in [6.07, 6.45) is 12.8. The van der Waals surface area contributed by atoms with Crippen molar-refractivity contribution in [2.45, 2.75) is 32.8 Å². The van der Waals surface area contributed by atoms with E-state index < -0.39 is 6.48 Å². The second-order valence-electron chi connectivity index (χ2n) is 9.53. The molecule has 0 bridgehead atoms. The first-order chi connectivity index (χ1) is 23.6. The van der Waals surface area contributed by atoms with Gasteiger partial charge in [-0.2, -0.15) is 0 Å². The van der Waals surface area contributed by atoms with Gasteiger partial charge in [0.05, 0.1) is 31.1 Å². The molecule has 7 aromatic heterocycles. The lowest BCUT2D eigenvalue weighted by Crippen LogP contribution is -2.17. The van der Waals surface area contributed by atoms with Crippen molar-refractivity contribution in [2.75, 3.05) is 14.2 Å². The van der Waals surface area contributed by atoms with Crippen LogP contribution in [0.15, 0.2) is 92.3 Å². The molecule has 0 saturated heterocycles. The van der Waals surface area contributed by atoms with E-state index >= 15 is 0 Å². The second kappa shape index (κ2) is 21.9. The van der Waals surface area contributed by atoms with E-state index in [1.54, 1.807) is 58.4 Å². The summed E-state index contributed by atoms with van der Waals surface area (Å²) in [5, 5.41) is 40.4. The Bertz CT molecular complexity index is 1980. The van der Waals surface area contributed by atoms with E-state index in [4.69, 9.17) is 30.2 Å². The molecule has 7 rings (SSSR count). The van der Waals surface area contributed by atoms with Crippen LogP contribution in [0, 0.1) is 0 Å². The summed E-state index contributed by atoms with van der Waals surface area (Å²) >= 11 is 0. The minimum absolute atomic E-state index is 0. The Labute approximate surface area is 298 Å². The molecule has 4 N–H and O–H groups in total. The lowest BCUT2D eigenvalue weighted by atomic mass is 10.2. The Morgan fingerprint density at radius 3 is 1.76 bits per heavy atom. The third-order valence-corrected chi connectivity index (χ3v) is 6.57. The van der Waals surface area contributed by atoms with E-state index in [2.05, 4.69) is 35.6 Å². The summed E-state index contributed by atoms with van der Waals surface area (Å²) in [6, 6.07) is 14.6. The van der Waals surface area contributed by atoms with E-state index in [1.165, 1.54) is 14.2 Å². The minimum atomic E-state index is -0.664. The molecule has 50 heavy (non-hydrogen) atoms. The largest absolute Gasteiger partial charge is 0.392 e. The Kier molecular flexibility index (Phi) is 18.0. The Morgan fingerprint density at radius 2 is 1.24 bits per heavy atom. The average molecular weight is 731 g/mol. The lowest BCUT2D eigenvalue weighted by Gasteiger charge is -2.13. The highest BCUT2D eigenvalue weighted by Crippen LogP contribution is 2.10. The molecule has 0 spiro atoms. The number of carbonyl (C=O) groups is 1. The zero-order valence-corrected chi connectivity index (χ0v) is 28.7. The van der Waals surface area contributed by atoms with Crippen LogP contribution in [0.3, 0.4) is 0 Å². The van der Waals surface area contributed by atoms with Gasteiger partial charge in [-0.1, -0.05) is 18.2 Å². The number of nitrogens with two attached hydrogens (primary N) is 1. The molecule has 0 aliphatic carbocycles. The first-order valence-corrected chi connectivity index (χ1v) is 14.4. The molecule has 7 aromatic rings. The number of aliphatic hydroxyl groups excluding tert-OH is 2. The van der Waals surface area contributed by atoms with Crippen molar-refractivity contribution in [3.63, 3.8) is 0 Å². The van der Waals surface area contributed by atoms with Crippen LogP contribution < -0.4 is 5.73 Å². The summed E-state index contributed by atoms with van der Waals surface area (Å²) < 4.78 is 20.5. The highest BCUT2D eigenvalue weighted by molar-refractivity contribution is 5.85. The van der Waals surface area contributed by atoms with Crippen LogP contribution >= 0.6 is 24.8 Å². The number of aromatic nitrogens is 10. The second-order valence-corrected chi connectivity index (χ2v) is 9.53. The van der Waals surface area contributed by atoms with Gasteiger partial charge in [-0.05, 0) is 30.3 Å². The van der Waals surface area contributed by atoms with Crippen LogP contribution in [0.2, 0.25) is 0 Å². The molecule has 0 fully saturated rings. The predicted octanol–water partition coefficient (Wildman–Crippen LogP) is 2.46. The first-order valence-electron chi connectivity index (χ1n) is 14.4. The molecule has 0 aliphatic rings. The fraction of sp³-hybridized carbons (Fsp3) is 0.226. The maximum Gasteiger partial charge on any atom is 0.271 e. The number of hydrogen-bond donors (Lipinski definition) is 3. The van der Waals surface area contributed by atoms with Gasteiger partial charge in [0.2, 0.25) is 0 Å². The normalized spacial score (nSPS) is 10.2. The quantitative estimate of drug-likeness (QED) is 0.144. The smallest absolute Gasteiger partial charge is 0.271 e. The zero-order chi connectivity index (χ0) is 34.1. The fourth-order valence-electron chi connectivity index (χ4n) is 4.21. The predicted molar refractivity (Wildman–Crippen MR) is 185 cm³/mol. The number of methoxy groups -OCH3 is 2. The van der Waals surface area contributed by atoms with E-state index in [0.29, 0.717) is 24.4 Å². The number of rotatable bonds is 9. The monoisotopic (exact) mass is 729 g/mol. The van der Waals surface area contributed by atoms with Gasteiger partial charge in [0, 0.05) is 62.2 Å². The number of ether oxygens (including phenoxy) is 3. The third-order valence-electron chi connectivity index (χ3n) is 6.57. The van der Waals surface area contributed by atoms with E-state index in [9.17, 15) is 4.79 Å². The number of aliphatic hydroxyl groups is 2. The maximum absolute atomic E-state index is 10.4. The van der Waals surface area contributed by atoms with Crippen LogP contribution in [0.25, 0.3) is 16.9 Å². The number of halogens is 2. The maximum atomic E-state index is 10.4. The van der Waals surface area contributed by atoms with Gasteiger partial charge in [-0.25, -0.2) is 0 Å². The van der Waals surface area contributed by atoms with Crippen molar-refractivity contribution in [3.05, 3.63) is 120 Å². The summed E-state index contributed by atoms with van der Waals surface area (Å²) in [5.41, 5.74) is 11.3. The van der Waals surface area contributed by atoms with E-state index in [0.717, 1.165) is 40.0 Å². The van der Waals surface area contributed by atoms with Crippen molar-refractivity contribution < 1.29 is 29.2 Å². The van der Waals surface area contributed by atoms with Crippen LogP contribution in [-0.2, 0) is 40.6 Å². The molecular formula is C31H37Cl2N11O6. The van der Waals surface area contributed by atoms with E-state index in [-0.39, 0.29) is 38.0 Å². The molecule has 266 valence electrons. The van der Waals surface area contributed by atoms with Crippen molar-refractivity contribution in [3.8, 4) is 0 Å². The van der Waals surface area contributed by atoms with Gasteiger partial charge in [-0.15, -0.1) is 55.4 Å².